The number of amides is 1. The van der Waals surface area contributed by atoms with Crippen molar-refractivity contribution < 1.29 is 14.3 Å². The van der Waals surface area contributed by atoms with Crippen molar-refractivity contribution in [1.82, 2.24) is 5.32 Å². The van der Waals surface area contributed by atoms with Gasteiger partial charge in [0, 0.05) is 5.56 Å². The number of nitrogens with one attached hydrogen (secondary N) is 1. The third-order valence-electron chi connectivity index (χ3n) is 4.11. The van der Waals surface area contributed by atoms with E-state index in [2.05, 4.69) is 43.4 Å². The van der Waals surface area contributed by atoms with Crippen molar-refractivity contribution in [3.63, 3.8) is 0 Å². The normalized spacial score (nSPS) is 13.8. The second-order valence-electron chi connectivity index (χ2n) is 6.60. The van der Waals surface area contributed by atoms with Crippen LogP contribution < -0.4 is 14.8 Å². The number of hydrogen-bond donors (Lipinski definition) is 1. The van der Waals surface area contributed by atoms with Gasteiger partial charge in [-0.1, -0.05) is 38.1 Å². The van der Waals surface area contributed by atoms with Gasteiger partial charge in [-0.2, -0.15) is 0 Å². The van der Waals surface area contributed by atoms with Crippen LogP contribution in [0.1, 0.15) is 48.3 Å². The molecular formula is C20H23NO3. The van der Waals surface area contributed by atoms with Crippen LogP contribution in [-0.4, -0.2) is 12.7 Å². The van der Waals surface area contributed by atoms with Crippen LogP contribution in [0, 0.1) is 5.92 Å². The lowest BCUT2D eigenvalue weighted by molar-refractivity contribution is 0.0939. The molecule has 24 heavy (non-hydrogen) atoms. The van der Waals surface area contributed by atoms with Gasteiger partial charge in [-0.3, -0.25) is 4.79 Å². The van der Waals surface area contributed by atoms with Gasteiger partial charge in [0.15, 0.2) is 11.5 Å². The summed E-state index contributed by atoms with van der Waals surface area (Å²) in [5.74, 6) is 1.82. The predicted octanol–water partition coefficient (Wildman–Crippen LogP) is 4.10. The summed E-state index contributed by atoms with van der Waals surface area (Å²) < 4.78 is 10.6. The first kappa shape index (κ1) is 16.4. The van der Waals surface area contributed by atoms with Crippen LogP contribution in [0.15, 0.2) is 42.5 Å². The van der Waals surface area contributed by atoms with E-state index in [4.69, 9.17) is 9.47 Å². The molecule has 4 heteroatoms. The van der Waals surface area contributed by atoms with Crippen LogP contribution in [0.4, 0.5) is 0 Å². The van der Waals surface area contributed by atoms with E-state index in [-0.39, 0.29) is 18.7 Å². The second kappa shape index (κ2) is 6.95. The Kier molecular flexibility index (Phi) is 4.74. The van der Waals surface area contributed by atoms with Gasteiger partial charge < -0.3 is 14.8 Å². The molecule has 0 bridgehead atoms. The topological polar surface area (TPSA) is 47.6 Å². The average molecular weight is 325 g/mol. The first-order valence-electron chi connectivity index (χ1n) is 8.32. The number of fused-ring (bicyclic) bond motifs is 1. The van der Waals surface area contributed by atoms with Crippen molar-refractivity contribution in [2.24, 2.45) is 5.92 Å². The number of hydrogen-bond acceptors (Lipinski definition) is 3. The van der Waals surface area contributed by atoms with Crippen molar-refractivity contribution in [3.8, 4) is 11.5 Å². The summed E-state index contributed by atoms with van der Waals surface area (Å²) in [5, 5.41) is 3.03. The molecule has 1 aliphatic heterocycles. The van der Waals surface area contributed by atoms with Crippen molar-refractivity contribution in [2.45, 2.75) is 33.2 Å². The zero-order chi connectivity index (χ0) is 17.1. The Morgan fingerprint density at radius 2 is 1.75 bits per heavy atom. The lowest BCUT2D eigenvalue weighted by Gasteiger charge is -2.15. The lowest BCUT2D eigenvalue weighted by Crippen LogP contribution is -2.26. The molecule has 3 rings (SSSR count). The third kappa shape index (κ3) is 3.70. The highest BCUT2D eigenvalue weighted by atomic mass is 16.7. The fraction of sp³-hybridized carbons (Fsp3) is 0.350. The van der Waals surface area contributed by atoms with Gasteiger partial charge in [-0.25, -0.2) is 0 Å². The quantitative estimate of drug-likeness (QED) is 0.900. The molecule has 4 nitrogen and oxygen atoms in total. The molecule has 0 fully saturated rings. The molecule has 0 unspecified atom stereocenters. The third-order valence-corrected chi connectivity index (χ3v) is 4.11. The summed E-state index contributed by atoms with van der Waals surface area (Å²) in [4.78, 5) is 12.4. The summed E-state index contributed by atoms with van der Waals surface area (Å²) in [6, 6.07) is 13.6. The first-order chi connectivity index (χ1) is 11.5. The molecule has 0 aromatic heterocycles. The van der Waals surface area contributed by atoms with E-state index < -0.39 is 0 Å². The summed E-state index contributed by atoms with van der Waals surface area (Å²) in [6.45, 7) is 6.62. The number of rotatable bonds is 5. The van der Waals surface area contributed by atoms with E-state index in [9.17, 15) is 4.79 Å². The van der Waals surface area contributed by atoms with E-state index in [0.717, 1.165) is 12.0 Å². The Balaban J connectivity index is 1.65. The van der Waals surface area contributed by atoms with Gasteiger partial charge in [0.25, 0.3) is 5.91 Å². The maximum absolute atomic E-state index is 12.4. The Morgan fingerprint density at radius 1 is 1.04 bits per heavy atom. The molecule has 1 N–H and O–H groups in total. The Hall–Kier alpha value is -2.49. The number of ether oxygens (including phenoxy) is 2. The molecule has 0 radical (unpaired) electrons. The largest absolute Gasteiger partial charge is 0.454 e. The molecule has 0 aliphatic carbocycles. The number of benzene rings is 2. The highest BCUT2D eigenvalue weighted by molar-refractivity contribution is 5.95. The molecule has 126 valence electrons. The monoisotopic (exact) mass is 325 g/mol. The van der Waals surface area contributed by atoms with E-state index in [0.29, 0.717) is 23.0 Å². The summed E-state index contributed by atoms with van der Waals surface area (Å²) in [7, 11) is 0. The molecule has 2 aromatic carbocycles. The first-order valence-corrected chi connectivity index (χ1v) is 8.32. The van der Waals surface area contributed by atoms with Gasteiger partial charge in [-0.05, 0) is 48.6 Å². The zero-order valence-electron chi connectivity index (χ0n) is 14.3. The van der Waals surface area contributed by atoms with Crippen molar-refractivity contribution in [2.75, 3.05) is 6.79 Å². The molecule has 2 aromatic rings. The SMILES string of the molecule is CC(C)Cc1ccc([C@@H](C)NC(=O)c2ccc3c(c2)OCO3)cc1. The molecular weight excluding hydrogens is 302 g/mol. The van der Waals surface area contributed by atoms with E-state index in [1.165, 1.54) is 5.56 Å². The summed E-state index contributed by atoms with van der Waals surface area (Å²) in [6.07, 6.45) is 1.07. The fourth-order valence-electron chi connectivity index (χ4n) is 2.81. The smallest absolute Gasteiger partial charge is 0.251 e. The molecule has 0 saturated heterocycles. The minimum atomic E-state index is -0.118. The highest BCUT2D eigenvalue weighted by Gasteiger charge is 2.17. The zero-order valence-corrected chi connectivity index (χ0v) is 14.3. The highest BCUT2D eigenvalue weighted by Crippen LogP contribution is 2.32. The van der Waals surface area contributed by atoms with Crippen molar-refractivity contribution in [3.05, 3.63) is 59.2 Å². The van der Waals surface area contributed by atoms with Gasteiger partial charge in [-0.15, -0.1) is 0 Å². The maximum atomic E-state index is 12.4. The standard InChI is InChI=1S/C20H23NO3/c1-13(2)10-15-4-6-16(7-5-15)14(3)21-20(22)17-8-9-18-19(11-17)24-12-23-18/h4-9,11,13-14H,10,12H2,1-3H3,(H,21,22)/t14-/m1/s1. The second-order valence-corrected chi connectivity index (χ2v) is 6.60. The van der Waals surface area contributed by atoms with E-state index in [1.54, 1.807) is 18.2 Å². The minimum absolute atomic E-state index is 0.0592. The van der Waals surface area contributed by atoms with Gasteiger partial charge in [0.05, 0.1) is 6.04 Å². The Morgan fingerprint density at radius 3 is 2.46 bits per heavy atom. The molecule has 1 heterocycles. The molecule has 0 spiro atoms. The van der Waals surface area contributed by atoms with Crippen LogP contribution >= 0.6 is 0 Å². The van der Waals surface area contributed by atoms with E-state index >= 15 is 0 Å². The molecule has 1 aliphatic rings. The van der Waals surface area contributed by atoms with Crippen LogP contribution in [-0.2, 0) is 6.42 Å². The van der Waals surface area contributed by atoms with Crippen molar-refractivity contribution in [1.29, 1.82) is 0 Å². The predicted molar refractivity (Wildman–Crippen MR) is 93.4 cm³/mol. The van der Waals surface area contributed by atoms with E-state index in [1.807, 2.05) is 6.92 Å². The van der Waals surface area contributed by atoms with Crippen LogP contribution in [0.2, 0.25) is 0 Å². The van der Waals surface area contributed by atoms with Crippen LogP contribution in [0.3, 0.4) is 0 Å². The van der Waals surface area contributed by atoms with Gasteiger partial charge in [0.2, 0.25) is 6.79 Å². The maximum Gasteiger partial charge on any atom is 0.251 e. The lowest BCUT2D eigenvalue weighted by atomic mass is 10.00. The van der Waals surface area contributed by atoms with Gasteiger partial charge in [0.1, 0.15) is 0 Å². The number of carbonyl (C=O) groups excluding carboxylic acids is 1. The number of carbonyl (C=O) groups is 1. The Labute approximate surface area is 142 Å². The molecule has 1 atom stereocenters. The fourth-order valence-corrected chi connectivity index (χ4v) is 2.81. The van der Waals surface area contributed by atoms with Crippen molar-refractivity contribution >= 4 is 5.91 Å². The van der Waals surface area contributed by atoms with Crippen LogP contribution in [0.5, 0.6) is 11.5 Å². The summed E-state index contributed by atoms with van der Waals surface area (Å²) in [5.41, 5.74) is 2.99. The molecule has 0 saturated carbocycles. The average Bonchev–Trinajstić information content (AvgIpc) is 3.02. The summed E-state index contributed by atoms with van der Waals surface area (Å²) >= 11 is 0. The van der Waals surface area contributed by atoms with Crippen LogP contribution in [0.25, 0.3) is 0 Å². The Bertz CT molecular complexity index is 722. The molecule has 1 amide bonds. The van der Waals surface area contributed by atoms with Gasteiger partial charge >= 0.3 is 0 Å². The minimum Gasteiger partial charge on any atom is -0.454 e.